The molecular weight excluding hydrogens is 472 g/mol. The fourth-order valence-electron chi connectivity index (χ4n) is 3.90. The van der Waals surface area contributed by atoms with E-state index in [1.165, 1.54) is 7.11 Å². The Balaban J connectivity index is 1.79. The van der Waals surface area contributed by atoms with Crippen LogP contribution in [0.4, 0.5) is 0 Å². The molecule has 1 aliphatic heterocycles. The second-order valence-corrected chi connectivity index (χ2v) is 9.40. The summed E-state index contributed by atoms with van der Waals surface area (Å²) in [7, 11) is 1.52. The van der Waals surface area contributed by atoms with E-state index < -0.39 is 6.04 Å². The van der Waals surface area contributed by atoms with Crippen LogP contribution in [0.2, 0.25) is 5.02 Å². The maximum Gasteiger partial charge on any atom is 0.258 e. The molecule has 34 heavy (non-hydrogen) atoms. The van der Waals surface area contributed by atoms with E-state index in [0.29, 0.717) is 33.5 Å². The Bertz CT molecular complexity index is 1220. The van der Waals surface area contributed by atoms with Crippen LogP contribution in [0, 0.1) is 5.92 Å². The molecule has 0 spiro atoms. The molecule has 0 radical (unpaired) electrons. The fourth-order valence-corrected chi connectivity index (χ4v) is 4.37. The molecular formula is C25H27ClN4O3S. The smallest absolute Gasteiger partial charge is 0.258 e. The van der Waals surface area contributed by atoms with Crippen LogP contribution in [-0.2, 0) is 0 Å². The average Bonchev–Trinajstić information content (AvgIpc) is 3.28. The van der Waals surface area contributed by atoms with Crippen molar-refractivity contribution in [2.45, 2.75) is 33.2 Å². The third-order valence-corrected chi connectivity index (χ3v) is 6.41. The summed E-state index contributed by atoms with van der Waals surface area (Å²) >= 11 is 11.7. The Morgan fingerprint density at radius 1 is 1.24 bits per heavy atom. The molecule has 2 N–H and O–H groups in total. The van der Waals surface area contributed by atoms with Crippen LogP contribution in [0.15, 0.2) is 52.7 Å². The van der Waals surface area contributed by atoms with Gasteiger partial charge < -0.3 is 24.6 Å². The lowest BCUT2D eigenvalue weighted by molar-refractivity contribution is 0.372. The summed E-state index contributed by atoms with van der Waals surface area (Å²) in [6.07, 6.45) is 0.973. The van der Waals surface area contributed by atoms with Crippen LogP contribution in [-0.4, -0.2) is 38.9 Å². The van der Waals surface area contributed by atoms with Gasteiger partial charge in [0.25, 0.3) is 5.89 Å². The van der Waals surface area contributed by atoms with E-state index in [9.17, 15) is 5.11 Å². The first kappa shape index (κ1) is 24.0. The van der Waals surface area contributed by atoms with Crippen LogP contribution >= 0.6 is 23.8 Å². The molecule has 7 nitrogen and oxygen atoms in total. The molecule has 4 rings (SSSR count). The Labute approximate surface area is 209 Å². The van der Waals surface area contributed by atoms with Gasteiger partial charge in [-0.05, 0) is 73.4 Å². The number of phenolic OH excluding ortho intramolecular Hbond substituents is 1. The normalized spacial score (nSPS) is 16.2. The molecule has 178 valence electrons. The Morgan fingerprint density at radius 2 is 1.97 bits per heavy atom. The van der Waals surface area contributed by atoms with E-state index in [1.54, 1.807) is 24.3 Å². The number of hydrogen-bond acceptors (Lipinski definition) is 6. The number of methoxy groups -OCH3 is 1. The lowest BCUT2D eigenvalue weighted by atomic mass is 9.94. The minimum absolute atomic E-state index is 0.0411. The first-order valence-corrected chi connectivity index (χ1v) is 11.8. The zero-order valence-electron chi connectivity index (χ0n) is 19.5. The van der Waals surface area contributed by atoms with Crippen LogP contribution < -0.4 is 10.1 Å². The number of nitrogens with zero attached hydrogens (tertiary/aromatic N) is 3. The highest BCUT2D eigenvalue weighted by Crippen LogP contribution is 2.40. The van der Waals surface area contributed by atoms with Crippen molar-refractivity contribution in [1.82, 2.24) is 20.4 Å². The van der Waals surface area contributed by atoms with E-state index in [0.717, 1.165) is 35.4 Å². The van der Waals surface area contributed by atoms with Crippen LogP contribution in [0.3, 0.4) is 0 Å². The van der Waals surface area contributed by atoms with E-state index in [4.69, 9.17) is 38.1 Å². The SMILES string of the molecule is COc1ccc(C2NC(=S)N(CCC(C)C)C(C)=C2c2nc(-c3ccc(Cl)cc3)no2)cc1O. The Hall–Kier alpha value is -3.10. The third-order valence-electron chi connectivity index (χ3n) is 5.82. The summed E-state index contributed by atoms with van der Waals surface area (Å²) in [6, 6.07) is 12.1. The van der Waals surface area contributed by atoms with E-state index in [2.05, 4.69) is 29.2 Å². The monoisotopic (exact) mass is 498 g/mol. The maximum atomic E-state index is 10.4. The number of hydrogen-bond donors (Lipinski definition) is 2. The zero-order valence-corrected chi connectivity index (χ0v) is 21.1. The van der Waals surface area contributed by atoms with Gasteiger partial charge in [0, 0.05) is 22.8 Å². The molecule has 0 amide bonds. The standard InChI is InChI=1S/C25H27ClN4O3S/c1-14(2)11-12-30-15(3)21(24-28-23(29-33-24)16-5-8-18(26)9-6-16)22(27-25(30)34)17-7-10-20(32-4)19(31)13-17/h5-10,13-14,22,31H,11-12H2,1-4H3,(H,27,34). The van der Waals surface area contributed by atoms with E-state index in [-0.39, 0.29) is 5.75 Å². The van der Waals surface area contributed by atoms with E-state index in [1.807, 2.05) is 25.1 Å². The zero-order chi connectivity index (χ0) is 24.4. The van der Waals surface area contributed by atoms with Gasteiger partial charge in [-0.25, -0.2) is 0 Å². The predicted octanol–water partition coefficient (Wildman–Crippen LogP) is 5.81. The number of phenols is 1. The quantitative estimate of drug-likeness (QED) is 0.395. The number of rotatable bonds is 7. The van der Waals surface area contributed by atoms with Crippen LogP contribution in [0.1, 0.15) is 44.7 Å². The van der Waals surface area contributed by atoms with Gasteiger partial charge in [-0.1, -0.05) is 36.7 Å². The molecule has 9 heteroatoms. The minimum atomic E-state index is -0.391. The predicted molar refractivity (Wildman–Crippen MR) is 137 cm³/mol. The fraction of sp³-hybridized carbons (Fsp3) is 0.320. The van der Waals surface area contributed by atoms with E-state index >= 15 is 0 Å². The van der Waals surface area contributed by atoms with Crippen molar-refractivity contribution in [3.05, 3.63) is 64.6 Å². The third kappa shape index (κ3) is 4.88. The summed E-state index contributed by atoms with van der Waals surface area (Å²) in [6.45, 7) is 7.13. The number of aromatic nitrogens is 2. The number of benzene rings is 2. The summed E-state index contributed by atoms with van der Waals surface area (Å²) < 4.78 is 11.0. The summed E-state index contributed by atoms with van der Waals surface area (Å²) in [5, 5.41) is 19.3. The second-order valence-electron chi connectivity index (χ2n) is 8.58. The molecule has 1 atom stereocenters. The van der Waals surface area contributed by atoms with Crippen molar-refractivity contribution < 1.29 is 14.4 Å². The van der Waals surface area contributed by atoms with Gasteiger partial charge >= 0.3 is 0 Å². The maximum absolute atomic E-state index is 10.4. The van der Waals surface area contributed by atoms with Crippen molar-refractivity contribution in [2.75, 3.05) is 13.7 Å². The number of ether oxygens (including phenoxy) is 1. The van der Waals surface area contributed by atoms with Gasteiger partial charge in [-0.3, -0.25) is 0 Å². The Morgan fingerprint density at radius 3 is 2.62 bits per heavy atom. The number of allylic oxidation sites excluding steroid dienone is 1. The van der Waals surface area contributed by atoms with Crippen molar-refractivity contribution in [2.24, 2.45) is 5.92 Å². The minimum Gasteiger partial charge on any atom is -0.504 e. The van der Waals surface area contributed by atoms with Gasteiger partial charge in [0.15, 0.2) is 16.6 Å². The number of nitrogens with one attached hydrogen (secondary N) is 1. The summed E-state index contributed by atoms with van der Waals surface area (Å²) in [4.78, 5) is 6.76. The molecule has 0 aliphatic carbocycles. The summed E-state index contributed by atoms with van der Waals surface area (Å²) in [5.74, 6) is 1.80. The lowest BCUT2D eigenvalue weighted by Gasteiger charge is -2.37. The first-order chi connectivity index (χ1) is 16.3. The number of aromatic hydroxyl groups is 1. The molecule has 0 fully saturated rings. The van der Waals surface area contributed by atoms with Crippen molar-refractivity contribution >= 4 is 34.5 Å². The highest BCUT2D eigenvalue weighted by Gasteiger charge is 2.34. The first-order valence-electron chi connectivity index (χ1n) is 11.0. The van der Waals surface area contributed by atoms with Gasteiger partial charge in [0.05, 0.1) is 18.7 Å². The van der Waals surface area contributed by atoms with Gasteiger partial charge in [-0.15, -0.1) is 0 Å². The molecule has 2 aromatic carbocycles. The highest BCUT2D eigenvalue weighted by molar-refractivity contribution is 7.80. The van der Waals surface area contributed by atoms with Gasteiger partial charge in [0.1, 0.15) is 0 Å². The second kappa shape index (κ2) is 10.0. The van der Waals surface area contributed by atoms with Crippen LogP contribution in [0.25, 0.3) is 17.0 Å². The topological polar surface area (TPSA) is 83.7 Å². The Kier molecular flexibility index (Phi) is 7.09. The summed E-state index contributed by atoms with van der Waals surface area (Å²) in [5.41, 5.74) is 3.32. The van der Waals surface area contributed by atoms with Crippen molar-refractivity contribution in [3.8, 4) is 22.9 Å². The molecule has 0 saturated heterocycles. The molecule has 1 aromatic heterocycles. The van der Waals surface area contributed by atoms with Gasteiger partial charge in [-0.2, -0.15) is 4.98 Å². The highest BCUT2D eigenvalue weighted by atomic mass is 35.5. The number of halogens is 1. The largest absolute Gasteiger partial charge is 0.504 e. The number of thiocarbonyl (C=S) groups is 1. The molecule has 1 aliphatic rings. The van der Waals surface area contributed by atoms with Gasteiger partial charge in [0.2, 0.25) is 5.82 Å². The molecule has 3 aromatic rings. The average molecular weight is 499 g/mol. The van der Waals surface area contributed by atoms with Crippen LogP contribution in [0.5, 0.6) is 11.5 Å². The molecule has 0 bridgehead atoms. The molecule has 1 unspecified atom stereocenters. The van der Waals surface area contributed by atoms with Crippen molar-refractivity contribution in [3.63, 3.8) is 0 Å². The van der Waals surface area contributed by atoms with Crippen molar-refractivity contribution in [1.29, 1.82) is 0 Å². The lowest BCUT2D eigenvalue weighted by Crippen LogP contribution is -2.46. The molecule has 2 heterocycles. The molecule has 0 saturated carbocycles.